The van der Waals surface area contributed by atoms with Crippen LogP contribution in [0.4, 0.5) is 14.9 Å². The average molecular weight is 818 g/mol. The van der Waals surface area contributed by atoms with Crippen LogP contribution >= 0.6 is 0 Å². The number of alkyl halides is 1. The number of nitrogens with two attached hydrogens (primary N) is 2. The van der Waals surface area contributed by atoms with Crippen LogP contribution in [-0.2, 0) is 39.8 Å². The zero-order valence-corrected chi connectivity index (χ0v) is 35.4. The second-order valence-electron chi connectivity index (χ2n) is 17.2. The standard InChI is InChI=1S/C41H64FN7O9/c1-10-31-41(8)34(49(38(53)58-41)17-12-11-16-48-20-30(46-47-48)27-14-13-15-28(43)19-27)26(5)45-22-39(6,42)21-40(7,54-9)35(24(3)32(50)25(4)36(52)56-31)57-37-33(51)29(44)18-23(2)55-37/h13-15,19-20,23-26,29,31,33-35,37,45,51H,10-12,16-18,21-22,43-44H2,1-9H3/t23-,24+,25-,26-,29?,31-,33?,34-,35-,37+,39?,40-,41-/m1/s1. The highest BCUT2D eigenvalue weighted by Crippen LogP contribution is 2.41. The molecule has 1 aromatic carbocycles. The maximum Gasteiger partial charge on any atom is 0.410 e. The van der Waals surface area contributed by atoms with E-state index in [1.807, 2.05) is 38.2 Å². The van der Waals surface area contributed by atoms with E-state index in [9.17, 15) is 19.5 Å². The lowest BCUT2D eigenvalue weighted by Crippen LogP contribution is -2.62. The van der Waals surface area contributed by atoms with Gasteiger partial charge in [-0.1, -0.05) is 31.2 Å². The molecular weight excluding hydrogens is 753 g/mol. The monoisotopic (exact) mass is 817 g/mol. The van der Waals surface area contributed by atoms with Crippen LogP contribution in [0.2, 0.25) is 0 Å². The smallest absolute Gasteiger partial charge is 0.410 e. The van der Waals surface area contributed by atoms with Crippen molar-refractivity contribution in [3.05, 3.63) is 30.5 Å². The number of ether oxygens (including phenoxy) is 5. The van der Waals surface area contributed by atoms with Gasteiger partial charge in [0.1, 0.15) is 29.5 Å². The van der Waals surface area contributed by atoms with Crippen molar-refractivity contribution >= 4 is 23.5 Å². The largest absolute Gasteiger partial charge is 0.458 e. The lowest BCUT2D eigenvalue weighted by atomic mass is 9.77. The third-order valence-electron chi connectivity index (χ3n) is 12.2. The predicted octanol–water partition coefficient (Wildman–Crippen LogP) is 3.77. The van der Waals surface area contributed by atoms with Crippen LogP contribution < -0.4 is 16.8 Å². The molecular formula is C41H64FN7O9. The van der Waals surface area contributed by atoms with Crippen molar-refractivity contribution in [2.24, 2.45) is 17.6 Å². The van der Waals surface area contributed by atoms with Crippen LogP contribution in [0.5, 0.6) is 0 Å². The zero-order chi connectivity index (χ0) is 42.7. The number of aliphatic hydroxyl groups excluding tert-OH is 1. The van der Waals surface area contributed by atoms with E-state index in [0.717, 1.165) is 5.56 Å². The molecule has 6 N–H and O–H groups in total. The molecule has 324 valence electrons. The number of aliphatic hydroxyl groups is 1. The molecule has 3 aliphatic rings. The molecule has 0 radical (unpaired) electrons. The van der Waals surface area contributed by atoms with Gasteiger partial charge in [0.25, 0.3) is 0 Å². The first kappa shape index (κ1) is 45.3. The maximum atomic E-state index is 17.0. The Bertz CT molecular complexity index is 1750. The van der Waals surface area contributed by atoms with Gasteiger partial charge in [0.05, 0.1) is 30.0 Å². The number of rotatable bonds is 10. The quantitative estimate of drug-likeness (QED) is 0.116. The average Bonchev–Trinajstić information content (AvgIpc) is 3.75. The summed E-state index contributed by atoms with van der Waals surface area (Å²) in [5.41, 5.74) is 9.51. The Morgan fingerprint density at radius 2 is 1.81 bits per heavy atom. The number of carbonyl (C=O) groups excluding carboxylic acids is 3. The molecule has 0 spiro atoms. The molecule has 3 aliphatic heterocycles. The maximum absolute atomic E-state index is 17.0. The fourth-order valence-electron chi connectivity index (χ4n) is 8.99. The number of anilines is 1. The van der Waals surface area contributed by atoms with Gasteiger partial charge in [-0.05, 0) is 79.4 Å². The summed E-state index contributed by atoms with van der Waals surface area (Å²) in [6.45, 7) is 13.9. The highest BCUT2D eigenvalue weighted by atomic mass is 19.1. The number of aryl methyl sites for hydroxylation is 1. The van der Waals surface area contributed by atoms with Crippen LogP contribution in [0.1, 0.15) is 87.5 Å². The lowest BCUT2D eigenvalue weighted by Gasteiger charge is -2.46. The number of carbonyl (C=O) groups is 3. The van der Waals surface area contributed by atoms with E-state index >= 15 is 4.39 Å². The van der Waals surface area contributed by atoms with Crippen molar-refractivity contribution < 1.29 is 47.6 Å². The van der Waals surface area contributed by atoms with Gasteiger partial charge >= 0.3 is 12.1 Å². The lowest BCUT2D eigenvalue weighted by molar-refractivity contribution is -0.290. The van der Waals surface area contributed by atoms with Gasteiger partial charge in [-0.3, -0.25) is 19.2 Å². The normalized spacial score (nSPS) is 38.1. The van der Waals surface area contributed by atoms with Crippen molar-refractivity contribution in [1.29, 1.82) is 0 Å². The molecule has 0 bridgehead atoms. The zero-order valence-electron chi connectivity index (χ0n) is 35.4. The number of hydrogen-bond acceptors (Lipinski definition) is 14. The number of fused-ring (bicyclic) bond motifs is 1. The third kappa shape index (κ3) is 9.82. The van der Waals surface area contributed by atoms with Gasteiger partial charge in [-0.2, -0.15) is 0 Å². The Kier molecular flexibility index (Phi) is 14.3. The summed E-state index contributed by atoms with van der Waals surface area (Å²) < 4.78 is 49.3. The summed E-state index contributed by atoms with van der Waals surface area (Å²) in [6.07, 6.45) is -2.13. The molecule has 4 heterocycles. The van der Waals surface area contributed by atoms with Crippen LogP contribution in [0.15, 0.2) is 30.5 Å². The fourth-order valence-corrected chi connectivity index (χ4v) is 8.99. The molecule has 3 saturated heterocycles. The highest BCUT2D eigenvalue weighted by molar-refractivity contribution is 6.00. The summed E-state index contributed by atoms with van der Waals surface area (Å²) in [4.78, 5) is 43.5. The first-order valence-electron chi connectivity index (χ1n) is 20.5. The van der Waals surface area contributed by atoms with Crippen molar-refractivity contribution in [2.45, 2.75) is 160 Å². The molecule has 3 unspecified atom stereocenters. The number of Topliss-reactive ketones (excluding diaryl/α,β-unsaturated/α-hetero) is 1. The van der Waals surface area contributed by atoms with Crippen LogP contribution in [0, 0.1) is 11.8 Å². The minimum Gasteiger partial charge on any atom is -0.458 e. The number of nitrogens with zero attached hydrogens (tertiary/aromatic N) is 4. The molecule has 0 aliphatic carbocycles. The van der Waals surface area contributed by atoms with Gasteiger partial charge in [-0.25, -0.2) is 9.18 Å². The summed E-state index contributed by atoms with van der Waals surface area (Å²) in [5, 5.41) is 22.8. The number of hydrogen-bond donors (Lipinski definition) is 4. The number of unbranched alkanes of at least 4 members (excludes halogenated alkanes) is 1. The van der Waals surface area contributed by atoms with E-state index in [4.69, 9.17) is 35.2 Å². The molecule has 16 nitrogen and oxygen atoms in total. The fraction of sp³-hybridized carbons (Fsp3) is 0.732. The van der Waals surface area contributed by atoms with E-state index in [1.165, 1.54) is 21.0 Å². The van der Waals surface area contributed by atoms with Crippen molar-refractivity contribution in [1.82, 2.24) is 25.2 Å². The van der Waals surface area contributed by atoms with E-state index in [1.54, 1.807) is 43.3 Å². The number of aromatic nitrogens is 3. The number of benzene rings is 1. The van der Waals surface area contributed by atoms with Gasteiger partial charge in [0, 0.05) is 62.4 Å². The number of nitrogens with one attached hydrogen (secondary N) is 1. The summed E-state index contributed by atoms with van der Waals surface area (Å²) in [5.74, 6) is -3.71. The van der Waals surface area contributed by atoms with E-state index in [2.05, 4.69) is 15.6 Å². The Morgan fingerprint density at radius 3 is 2.48 bits per heavy atom. The minimum absolute atomic E-state index is 0.185. The molecule has 58 heavy (non-hydrogen) atoms. The van der Waals surface area contributed by atoms with Crippen molar-refractivity contribution in [3.63, 3.8) is 0 Å². The summed E-state index contributed by atoms with van der Waals surface area (Å²) >= 11 is 0. The Morgan fingerprint density at radius 1 is 1.10 bits per heavy atom. The van der Waals surface area contributed by atoms with Crippen LogP contribution in [0.25, 0.3) is 11.3 Å². The molecule has 0 saturated carbocycles. The molecule has 3 fully saturated rings. The topological polar surface area (TPSA) is 216 Å². The predicted molar refractivity (Wildman–Crippen MR) is 213 cm³/mol. The van der Waals surface area contributed by atoms with E-state index in [-0.39, 0.29) is 25.5 Å². The number of nitrogen functional groups attached to an aromatic ring is 1. The number of halogens is 1. The summed E-state index contributed by atoms with van der Waals surface area (Å²) in [7, 11) is 1.40. The Balaban J connectivity index is 1.40. The molecule has 2 aromatic rings. The number of cyclic esters (lactones) is 1. The number of esters is 1. The molecule has 5 rings (SSSR count). The molecule has 1 aromatic heterocycles. The van der Waals surface area contributed by atoms with Gasteiger partial charge < -0.3 is 45.6 Å². The SMILES string of the molecule is CC[C@H]1OC(=O)[C@H](C)C(=O)[C@H](C)[C@@H](O[C@@H]2O[C@H](C)CC(N)C2O)[C@](C)(OC)CC(C)(F)CN[C@H](C)[C@H]2N(CCCCn3cc(-c4cccc(N)c4)nn3)C(=O)O[C@]12C. The van der Waals surface area contributed by atoms with Crippen LogP contribution in [0.3, 0.4) is 0 Å². The van der Waals surface area contributed by atoms with Crippen molar-refractivity contribution in [3.8, 4) is 11.3 Å². The second-order valence-corrected chi connectivity index (χ2v) is 17.2. The molecule has 13 atom stereocenters. The number of methoxy groups -OCH3 is 1. The Labute approximate surface area is 340 Å². The first-order valence-corrected chi connectivity index (χ1v) is 20.5. The second kappa shape index (κ2) is 18.3. The van der Waals surface area contributed by atoms with Crippen LogP contribution in [-0.4, -0.2) is 129 Å². The number of ketones is 1. The minimum atomic E-state index is -1.96. The van der Waals surface area contributed by atoms with E-state index < -0.39 is 89.3 Å². The highest BCUT2D eigenvalue weighted by Gasteiger charge is 2.59. The Hall–Kier alpha value is -3.74. The molecule has 1 amide bonds. The van der Waals surface area contributed by atoms with Crippen molar-refractivity contribution in [2.75, 3.05) is 25.9 Å². The van der Waals surface area contributed by atoms with Gasteiger partial charge in [0.15, 0.2) is 17.7 Å². The number of amides is 1. The summed E-state index contributed by atoms with van der Waals surface area (Å²) in [6, 6.07) is 5.47. The van der Waals surface area contributed by atoms with Gasteiger partial charge in [-0.15, -0.1) is 5.10 Å². The molecule has 17 heteroatoms. The third-order valence-corrected chi connectivity index (χ3v) is 12.2. The first-order chi connectivity index (χ1) is 27.2. The van der Waals surface area contributed by atoms with Gasteiger partial charge in [0.2, 0.25) is 0 Å². The van der Waals surface area contributed by atoms with E-state index in [0.29, 0.717) is 43.7 Å².